The topological polar surface area (TPSA) is 71.3 Å². The Morgan fingerprint density at radius 1 is 1.24 bits per heavy atom. The van der Waals surface area contributed by atoms with Gasteiger partial charge in [-0.1, -0.05) is 32.0 Å². The van der Waals surface area contributed by atoms with E-state index in [1.807, 2.05) is 32.0 Å². The number of carbonyl (C=O) groups excluding carboxylic acids is 2. The maximum Gasteiger partial charge on any atom is 0.287 e. The molecule has 112 valence electrons. The molecule has 0 bridgehead atoms. The van der Waals surface area contributed by atoms with Crippen molar-refractivity contribution in [3.63, 3.8) is 0 Å². The van der Waals surface area contributed by atoms with E-state index >= 15 is 0 Å². The van der Waals surface area contributed by atoms with Crippen LogP contribution in [0.5, 0.6) is 0 Å². The van der Waals surface area contributed by atoms with Crippen LogP contribution in [0.4, 0.5) is 0 Å². The Hall–Kier alpha value is -2.30. The Labute approximate surface area is 123 Å². The van der Waals surface area contributed by atoms with Gasteiger partial charge < -0.3 is 15.1 Å². The molecule has 2 amide bonds. The van der Waals surface area contributed by atoms with E-state index in [1.54, 1.807) is 19.2 Å². The average molecular weight is 288 g/mol. The zero-order valence-electron chi connectivity index (χ0n) is 12.5. The number of nitrogens with one attached hydrogen (secondary N) is 2. The van der Waals surface area contributed by atoms with Crippen molar-refractivity contribution in [2.45, 2.75) is 26.3 Å². The lowest BCUT2D eigenvalue weighted by molar-refractivity contribution is -0.122. The number of carbonyl (C=O) groups is 2. The molecule has 2 aromatic rings. The van der Waals surface area contributed by atoms with Gasteiger partial charge in [0.1, 0.15) is 11.6 Å². The van der Waals surface area contributed by atoms with Crippen LogP contribution < -0.4 is 10.6 Å². The Bertz CT molecular complexity index is 613. The number of hydrogen-bond acceptors (Lipinski definition) is 3. The first-order chi connectivity index (χ1) is 10.0. The van der Waals surface area contributed by atoms with Crippen LogP contribution in [0.3, 0.4) is 0 Å². The van der Waals surface area contributed by atoms with Crippen LogP contribution in [-0.4, -0.2) is 24.9 Å². The largest absolute Gasteiger partial charge is 0.451 e. The number of likely N-dealkylation sites (N-methyl/N-ethyl adjacent to an activating group) is 1. The van der Waals surface area contributed by atoms with Gasteiger partial charge in [0.2, 0.25) is 5.91 Å². The number of hydrogen-bond donors (Lipinski definition) is 2. The molecule has 1 aromatic heterocycles. The number of rotatable bonds is 5. The maximum atomic E-state index is 12.2. The van der Waals surface area contributed by atoms with Crippen LogP contribution in [0.15, 0.2) is 34.7 Å². The number of fused-ring (bicyclic) bond motifs is 1. The number of para-hydroxylation sites is 1. The highest BCUT2D eigenvalue weighted by Crippen LogP contribution is 2.19. The molecule has 2 rings (SSSR count). The van der Waals surface area contributed by atoms with E-state index in [0.29, 0.717) is 17.9 Å². The Balaban J connectivity index is 2.15. The van der Waals surface area contributed by atoms with E-state index in [0.717, 1.165) is 5.39 Å². The fraction of sp³-hybridized carbons (Fsp3) is 0.375. The van der Waals surface area contributed by atoms with Gasteiger partial charge >= 0.3 is 0 Å². The van der Waals surface area contributed by atoms with E-state index in [1.165, 1.54) is 0 Å². The highest BCUT2D eigenvalue weighted by Gasteiger charge is 2.23. The van der Waals surface area contributed by atoms with Crippen LogP contribution in [-0.2, 0) is 4.79 Å². The van der Waals surface area contributed by atoms with Gasteiger partial charge in [-0.25, -0.2) is 0 Å². The molecular formula is C16H20N2O3. The van der Waals surface area contributed by atoms with Crippen molar-refractivity contribution >= 4 is 22.8 Å². The van der Waals surface area contributed by atoms with Crippen molar-refractivity contribution in [3.05, 3.63) is 36.1 Å². The van der Waals surface area contributed by atoms with E-state index in [-0.39, 0.29) is 17.6 Å². The van der Waals surface area contributed by atoms with Crippen molar-refractivity contribution in [3.8, 4) is 0 Å². The molecule has 21 heavy (non-hydrogen) atoms. The molecule has 0 fully saturated rings. The molecule has 2 N–H and O–H groups in total. The number of amides is 2. The fourth-order valence-corrected chi connectivity index (χ4v) is 2.20. The predicted molar refractivity (Wildman–Crippen MR) is 81.0 cm³/mol. The van der Waals surface area contributed by atoms with Crippen LogP contribution in [0.25, 0.3) is 11.0 Å². The van der Waals surface area contributed by atoms with Crippen molar-refractivity contribution in [1.82, 2.24) is 10.6 Å². The van der Waals surface area contributed by atoms with E-state index in [9.17, 15) is 9.59 Å². The Morgan fingerprint density at radius 3 is 2.57 bits per heavy atom. The zero-order valence-corrected chi connectivity index (χ0v) is 12.5. The summed E-state index contributed by atoms with van der Waals surface area (Å²) in [4.78, 5) is 24.1. The van der Waals surface area contributed by atoms with E-state index in [2.05, 4.69) is 10.6 Å². The quantitative estimate of drug-likeness (QED) is 0.887. The minimum absolute atomic E-state index is 0.201. The Kier molecular flexibility index (Phi) is 4.62. The lowest BCUT2D eigenvalue weighted by Crippen LogP contribution is -2.46. The van der Waals surface area contributed by atoms with Gasteiger partial charge in [0.25, 0.3) is 5.91 Å². The summed E-state index contributed by atoms with van der Waals surface area (Å²) >= 11 is 0. The molecule has 0 spiro atoms. The summed E-state index contributed by atoms with van der Waals surface area (Å²) in [7, 11) is 1.56. The highest BCUT2D eigenvalue weighted by molar-refractivity contribution is 5.98. The normalized spacial score (nSPS) is 12.4. The van der Waals surface area contributed by atoms with Gasteiger partial charge in [-0.15, -0.1) is 0 Å². The number of benzene rings is 1. The van der Waals surface area contributed by atoms with Crippen LogP contribution in [0.1, 0.15) is 30.8 Å². The monoisotopic (exact) mass is 288 g/mol. The summed E-state index contributed by atoms with van der Waals surface area (Å²) in [5.74, 6) is -0.0641. The Morgan fingerprint density at radius 2 is 1.95 bits per heavy atom. The summed E-state index contributed by atoms with van der Waals surface area (Å²) in [6, 6.07) is 8.53. The summed E-state index contributed by atoms with van der Waals surface area (Å²) in [5, 5.41) is 6.17. The van der Waals surface area contributed by atoms with Crippen LogP contribution >= 0.6 is 0 Å². The first kappa shape index (κ1) is 15.1. The predicted octanol–water partition coefficient (Wildman–Crippen LogP) is 2.32. The van der Waals surface area contributed by atoms with Gasteiger partial charge in [0, 0.05) is 12.4 Å². The molecule has 0 aliphatic heterocycles. The molecule has 1 heterocycles. The van der Waals surface area contributed by atoms with E-state index in [4.69, 9.17) is 4.42 Å². The second-order valence-corrected chi connectivity index (χ2v) is 5.42. The lowest BCUT2D eigenvalue weighted by Gasteiger charge is -2.18. The first-order valence-corrected chi connectivity index (χ1v) is 7.02. The lowest BCUT2D eigenvalue weighted by atomic mass is 10.0. The smallest absolute Gasteiger partial charge is 0.287 e. The first-order valence-electron chi connectivity index (χ1n) is 7.02. The second kappa shape index (κ2) is 6.43. The molecule has 1 aromatic carbocycles. The fourth-order valence-electron chi connectivity index (χ4n) is 2.20. The molecule has 1 atom stereocenters. The van der Waals surface area contributed by atoms with Crippen molar-refractivity contribution in [2.24, 2.45) is 5.92 Å². The maximum absolute atomic E-state index is 12.2. The van der Waals surface area contributed by atoms with Gasteiger partial charge in [-0.05, 0) is 24.5 Å². The van der Waals surface area contributed by atoms with E-state index < -0.39 is 6.04 Å². The summed E-state index contributed by atoms with van der Waals surface area (Å²) in [6.07, 6.45) is 0.575. The molecule has 0 radical (unpaired) electrons. The molecule has 0 saturated heterocycles. The summed E-state index contributed by atoms with van der Waals surface area (Å²) in [6.45, 7) is 4.01. The van der Waals surface area contributed by atoms with Crippen molar-refractivity contribution < 1.29 is 14.0 Å². The minimum atomic E-state index is -0.560. The van der Waals surface area contributed by atoms with Crippen molar-refractivity contribution in [1.29, 1.82) is 0 Å². The molecule has 0 unspecified atom stereocenters. The third-order valence-corrected chi connectivity index (χ3v) is 3.22. The molecule has 5 heteroatoms. The molecule has 5 nitrogen and oxygen atoms in total. The van der Waals surface area contributed by atoms with Gasteiger partial charge in [0.15, 0.2) is 5.76 Å². The average Bonchev–Trinajstić information content (AvgIpc) is 2.89. The zero-order chi connectivity index (χ0) is 15.4. The molecule has 0 aliphatic carbocycles. The standard InChI is InChI=1S/C16H20N2O3/c1-10(2)8-12(15(19)17-3)18-16(20)14-9-11-6-4-5-7-13(11)21-14/h4-7,9-10,12H,8H2,1-3H3,(H,17,19)(H,18,20)/t12-/m0/s1. The third kappa shape index (κ3) is 3.62. The van der Waals surface area contributed by atoms with Gasteiger partial charge in [-0.3, -0.25) is 9.59 Å². The van der Waals surface area contributed by atoms with Crippen LogP contribution in [0, 0.1) is 5.92 Å². The number of furan rings is 1. The summed E-state index contributed by atoms with van der Waals surface area (Å²) < 4.78 is 5.51. The summed E-state index contributed by atoms with van der Waals surface area (Å²) in [5.41, 5.74) is 0.656. The second-order valence-electron chi connectivity index (χ2n) is 5.42. The van der Waals surface area contributed by atoms with Gasteiger partial charge in [0.05, 0.1) is 0 Å². The molecule has 0 saturated carbocycles. The third-order valence-electron chi connectivity index (χ3n) is 3.22. The highest BCUT2D eigenvalue weighted by atomic mass is 16.3. The molecular weight excluding hydrogens is 268 g/mol. The SMILES string of the molecule is CNC(=O)[C@H](CC(C)C)NC(=O)c1cc2ccccc2o1. The minimum Gasteiger partial charge on any atom is -0.451 e. The van der Waals surface area contributed by atoms with Crippen LogP contribution in [0.2, 0.25) is 0 Å². The molecule has 0 aliphatic rings. The van der Waals surface area contributed by atoms with Gasteiger partial charge in [-0.2, -0.15) is 0 Å². The van der Waals surface area contributed by atoms with Crippen molar-refractivity contribution in [2.75, 3.05) is 7.05 Å².